The molecule has 3 aliphatic rings. The summed E-state index contributed by atoms with van der Waals surface area (Å²) in [5.41, 5.74) is 0.785. The summed E-state index contributed by atoms with van der Waals surface area (Å²) >= 11 is 0. The molecule has 1 aromatic rings. The molecular formula is C33H47N3O5. The predicted molar refractivity (Wildman–Crippen MR) is 160 cm³/mol. The zero-order valence-corrected chi connectivity index (χ0v) is 25.4. The molecular weight excluding hydrogens is 518 g/mol. The molecule has 0 saturated carbocycles. The van der Waals surface area contributed by atoms with E-state index >= 15 is 0 Å². The second-order valence-corrected chi connectivity index (χ2v) is 12.4. The highest BCUT2D eigenvalue weighted by Gasteiger charge is 2.80. The van der Waals surface area contributed by atoms with E-state index in [0.29, 0.717) is 32.4 Å². The highest BCUT2D eigenvalue weighted by molar-refractivity contribution is 6.05. The molecule has 1 spiro atoms. The molecule has 0 aromatic heterocycles. The fraction of sp³-hybridized carbons (Fsp3) is 0.606. The second-order valence-electron chi connectivity index (χ2n) is 12.4. The van der Waals surface area contributed by atoms with Crippen molar-refractivity contribution in [2.45, 2.75) is 77.0 Å². The highest BCUT2D eigenvalue weighted by Crippen LogP contribution is 2.65. The Hall–Kier alpha value is -2.97. The first-order valence-corrected chi connectivity index (χ1v) is 15.0. The molecule has 2 bridgehead atoms. The van der Waals surface area contributed by atoms with Crippen molar-refractivity contribution in [2.75, 3.05) is 38.2 Å². The number of nitrogens with zero attached hydrogens (tertiary/aromatic N) is 3. The molecule has 3 amide bonds. The van der Waals surface area contributed by atoms with E-state index in [1.165, 1.54) is 0 Å². The Kier molecular flexibility index (Phi) is 9.14. The maximum absolute atomic E-state index is 14.8. The third kappa shape index (κ3) is 5.03. The number of likely N-dealkylation sites (tertiary alicyclic amines) is 1. The summed E-state index contributed by atoms with van der Waals surface area (Å²) in [5, 5.41) is 9.21. The van der Waals surface area contributed by atoms with Crippen LogP contribution in [0.25, 0.3) is 0 Å². The minimum Gasteiger partial charge on any atom is -0.396 e. The van der Waals surface area contributed by atoms with E-state index in [-0.39, 0.29) is 36.8 Å². The van der Waals surface area contributed by atoms with Crippen molar-refractivity contribution in [2.24, 2.45) is 17.8 Å². The molecule has 8 heteroatoms. The lowest BCUT2D eigenvalue weighted by molar-refractivity contribution is -0.150. The highest BCUT2D eigenvalue weighted by atomic mass is 16.5. The zero-order chi connectivity index (χ0) is 30.1. The van der Waals surface area contributed by atoms with Gasteiger partial charge in [-0.25, -0.2) is 0 Å². The van der Waals surface area contributed by atoms with Gasteiger partial charge in [0.2, 0.25) is 11.8 Å². The number of hydrogen-bond donors (Lipinski definition) is 1. The zero-order valence-electron chi connectivity index (χ0n) is 25.4. The van der Waals surface area contributed by atoms with Gasteiger partial charge in [0.05, 0.1) is 17.4 Å². The van der Waals surface area contributed by atoms with Crippen LogP contribution in [0.2, 0.25) is 0 Å². The first-order chi connectivity index (χ1) is 19.5. The van der Waals surface area contributed by atoms with Gasteiger partial charge in [0.15, 0.2) is 0 Å². The smallest absolute Gasteiger partial charge is 0.253 e. The molecule has 3 heterocycles. The summed E-state index contributed by atoms with van der Waals surface area (Å²) < 4.78 is 6.91. The van der Waals surface area contributed by atoms with E-state index in [2.05, 4.69) is 20.1 Å². The van der Waals surface area contributed by atoms with Crippen molar-refractivity contribution in [3.8, 4) is 0 Å². The SMILES string of the molecule is C=CCN(C)C(=O)[C@H]1[C@H]2C(=O)N(CCCCCCO)C(C(=O)N(CC=C)c3c(C)cccc3C)C23CC(C)[C@]1(C)O3. The van der Waals surface area contributed by atoms with Crippen molar-refractivity contribution in [3.05, 3.63) is 54.6 Å². The van der Waals surface area contributed by atoms with Gasteiger partial charge in [-0.3, -0.25) is 14.4 Å². The number of ether oxygens (including phenoxy) is 1. The normalized spacial score (nSPS) is 29.9. The average Bonchev–Trinajstić information content (AvgIpc) is 3.43. The first-order valence-electron chi connectivity index (χ1n) is 15.0. The number of unbranched alkanes of at least 4 members (excludes halogenated alkanes) is 3. The Labute approximate surface area is 245 Å². The molecule has 3 aliphatic heterocycles. The van der Waals surface area contributed by atoms with Crippen LogP contribution in [0.1, 0.15) is 57.1 Å². The molecule has 3 fully saturated rings. The van der Waals surface area contributed by atoms with Gasteiger partial charge in [0, 0.05) is 39.0 Å². The Morgan fingerprint density at radius 1 is 1.10 bits per heavy atom. The van der Waals surface area contributed by atoms with Gasteiger partial charge in [-0.1, -0.05) is 50.1 Å². The summed E-state index contributed by atoms with van der Waals surface area (Å²) in [5.74, 6) is -1.97. The number of anilines is 1. The maximum atomic E-state index is 14.8. The molecule has 8 nitrogen and oxygen atoms in total. The van der Waals surface area contributed by atoms with Gasteiger partial charge >= 0.3 is 0 Å². The fourth-order valence-corrected chi connectivity index (χ4v) is 7.70. The van der Waals surface area contributed by atoms with Crippen LogP contribution in [0.5, 0.6) is 0 Å². The maximum Gasteiger partial charge on any atom is 0.253 e. The van der Waals surface area contributed by atoms with E-state index < -0.39 is 29.1 Å². The van der Waals surface area contributed by atoms with Gasteiger partial charge in [0.25, 0.3) is 5.91 Å². The fourth-order valence-electron chi connectivity index (χ4n) is 7.70. The Morgan fingerprint density at radius 3 is 2.34 bits per heavy atom. The number of fused-ring (bicyclic) bond motifs is 1. The van der Waals surface area contributed by atoms with Crippen LogP contribution in [-0.2, 0) is 19.1 Å². The van der Waals surface area contributed by atoms with Crippen LogP contribution < -0.4 is 4.90 Å². The average molecular weight is 566 g/mol. The molecule has 0 radical (unpaired) electrons. The van der Waals surface area contributed by atoms with Crippen LogP contribution in [0.3, 0.4) is 0 Å². The van der Waals surface area contributed by atoms with Gasteiger partial charge in [-0.2, -0.15) is 0 Å². The number of aliphatic hydroxyl groups excluding tert-OH is 1. The van der Waals surface area contributed by atoms with Crippen LogP contribution in [0.15, 0.2) is 43.5 Å². The van der Waals surface area contributed by atoms with E-state index in [0.717, 1.165) is 29.7 Å². The lowest BCUT2D eigenvalue weighted by Crippen LogP contribution is -2.57. The Balaban J connectivity index is 1.81. The third-order valence-corrected chi connectivity index (χ3v) is 9.69. The quantitative estimate of drug-likeness (QED) is 0.288. The number of para-hydroxylation sites is 1. The number of aliphatic hydroxyl groups is 1. The summed E-state index contributed by atoms with van der Waals surface area (Å²) in [7, 11) is 1.73. The van der Waals surface area contributed by atoms with E-state index in [1.54, 1.807) is 33.9 Å². The number of carbonyl (C=O) groups is 3. The second kappa shape index (κ2) is 12.1. The van der Waals surface area contributed by atoms with Gasteiger partial charge < -0.3 is 24.5 Å². The van der Waals surface area contributed by atoms with Gasteiger partial charge in [-0.15, -0.1) is 13.2 Å². The van der Waals surface area contributed by atoms with E-state index in [4.69, 9.17) is 4.74 Å². The molecule has 224 valence electrons. The number of amides is 3. The van der Waals surface area contributed by atoms with Crippen LogP contribution >= 0.6 is 0 Å². The molecule has 3 unspecified atom stereocenters. The molecule has 0 aliphatic carbocycles. The van der Waals surface area contributed by atoms with Gasteiger partial charge in [-0.05, 0) is 57.1 Å². The third-order valence-electron chi connectivity index (χ3n) is 9.69. The van der Waals surface area contributed by atoms with Crippen LogP contribution in [-0.4, -0.2) is 83.2 Å². The molecule has 6 atom stereocenters. The lowest BCUT2D eigenvalue weighted by atomic mass is 9.62. The van der Waals surface area contributed by atoms with Crippen molar-refractivity contribution in [1.82, 2.24) is 9.80 Å². The first kappa shape index (κ1) is 31.0. The number of rotatable bonds is 13. The minimum absolute atomic E-state index is 0.0227. The summed E-state index contributed by atoms with van der Waals surface area (Å²) in [6, 6.07) is 5.08. The van der Waals surface area contributed by atoms with E-state index in [1.807, 2.05) is 39.0 Å². The molecule has 1 aromatic carbocycles. The van der Waals surface area contributed by atoms with Crippen molar-refractivity contribution >= 4 is 23.4 Å². The molecule has 41 heavy (non-hydrogen) atoms. The number of hydrogen-bond acceptors (Lipinski definition) is 5. The topological polar surface area (TPSA) is 90.4 Å². The molecule has 1 N–H and O–H groups in total. The standard InChI is InChI=1S/C33H47N3O5/c1-8-17-34(7)29(38)25-26-30(39)36(19-12-10-11-13-20-37)28(33(26)21-24(5)32(25,6)41-33)31(40)35(18-9-2)27-22(3)15-14-16-23(27)4/h8-9,14-16,24-26,28,37H,1-2,10-13,17-21H2,3-7H3/t24?,25-,26+,28?,32+,33?/m1/s1. The largest absolute Gasteiger partial charge is 0.396 e. The van der Waals surface area contributed by atoms with Crippen LogP contribution in [0, 0.1) is 31.6 Å². The molecule has 3 saturated heterocycles. The van der Waals surface area contributed by atoms with Crippen molar-refractivity contribution in [3.63, 3.8) is 0 Å². The number of carbonyl (C=O) groups excluding carboxylic acids is 3. The summed E-state index contributed by atoms with van der Waals surface area (Å²) in [4.78, 5) is 48.2. The number of benzene rings is 1. The lowest BCUT2D eigenvalue weighted by Gasteiger charge is -2.38. The number of likely N-dealkylation sites (N-methyl/N-ethyl adjacent to an activating group) is 1. The van der Waals surface area contributed by atoms with E-state index in [9.17, 15) is 19.5 Å². The van der Waals surface area contributed by atoms with Gasteiger partial charge in [0.1, 0.15) is 11.6 Å². The number of aryl methyl sites for hydroxylation is 2. The minimum atomic E-state index is -1.10. The monoisotopic (exact) mass is 565 g/mol. The summed E-state index contributed by atoms with van der Waals surface area (Å²) in [6.07, 6.45) is 6.99. The summed E-state index contributed by atoms with van der Waals surface area (Å²) in [6.45, 7) is 16.9. The van der Waals surface area contributed by atoms with Crippen molar-refractivity contribution < 1.29 is 24.2 Å². The Bertz CT molecular complexity index is 1180. The Morgan fingerprint density at radius 2 is 1.73 bits per heavy atom. The van der Waals surface area contributed by atoms with Crippen LogP contribution in [0.4, 0.5) is 5.69 Å². The predicted octanol–water partition coefficient (Wildman–Crippen LogP) is 4.03. The van der Waals surface area contributed by atoms with Crippen molar-refractivity contribution in [1.29, 1.82) is 0 Å². The molecule has 4 rings (SSSR count).